The number of nitrogens with one attached hydrogen (secondary N) is 1. The number of imidazole rings is 1. The molecule has 2 aromatic heterocycles. The predicted octanol–water partition coefficient (Wildman–Crippen LogP) is 3.56. The van der Waals surface area contributed by atoms with E-state index in [0.29, 0.717) is 29.2 Å². The molecule has 4 rings (SSSR count). The number of methoxy groups -OCH3 is 1. The number of benzene rings is 2. The van der Waals surface area contributed by atoms with E-state index >= 15 is 0 Å². The van der Waals surface area contributed by atoms with Crippen molar-refractivity contribution >= 4 is 33.2 Å². The minimum atomic E-state index is 0.326. The van der Waals surface area contributed by atoms with Gasteiger partial charge in [-0.2, -0.15) is 5.26 Å². The number of fused-ring (bicyclic) bond motifs is 2. The van der Waals surface area contributed by atoms with Gasteiger partial charge in [0.1, 0.15) is 30.3 Å². The molecule has 2 heterocycles. The molecule has 0 fully saturated rings. The number of hydrogen-bond acceptors (Lipinski definition) is 6. The lowest BCUT2D eigenvalue weighted by molar-refractivity contribution is 0.134. The van der Waals surface area contributed by atoms with Gasteiger partial charge >= 0.3 is 0 Å². The first-order valence-electron chi connectivity index (χ1n) is 8.31. The zero-order valence-corrected chi connectivity index (χ0v) is 14.6. The van der Waals surface area contributed by atoms with Gasteiger partial charge in [0.15, 0.2) is 5.65 Å². The van der Waals surface area contributed by atoms with Crippen LogP contribution in [0.3, 0.4) is 0 Å². The molecule has 4 aromatic rings. The fraction of sp³-hybridized carbons (Fsp3) is 0.100. The summed E-state index contributed by atoms with van der Waals surface area (Å²) in [4.78, 5) is 12.9. The molecule has 27 heavy (non-hydrogen) atoms. The van der Waals surface area contributed by atoms with Crippen molar-refractivity contribution in [2.45, 2.75) is 6.73 Å². The van der Waals surface area contributed by atoms with E-state index in [-0.39, 0.29) is 0 Å². The predicted molar refractivity (Wildman–Crippen MR) is 103 cm³/mol. The molecule has 7 heteroatoms. The second kappa shape index (κ2) is 7.23. The van der Waals surface area contributed by atoms with E-state index in [9.17, 15) is 5.26 Å². The van der Waals surface area contributed by atoms with Crippen LogP contribution in [0, 0.1) is 11.3 Å². The van der Waals surface area contributed by atoms with Gasteiger partial charge in [-0.15, -0.1) is 0 Å². The molecule has 0 aliphatic heterocycles. The van der Waals surface area contributed by atoms with Crippen LogP contribution < -0.4 is 5.32 Å². The molecule has 0 radical (unpaired) electrons. The number of ether oxygens (including phenoxy) is 1. The van der Waals surface area contributed by atoms with Crippen molar-refractivity contribution < 1.29 is 4.74 Å². The third-order valence-electron chi connectivity index (χ3n) is 4.21. The van der Waals surface area contributed by atoms with Crippen LogP contribution in [0.25, 0.3) is 27.5 Å². The van der Waals surface area contributed by atoms with Gasteiger partial charge < -0.3 is 10.1 Å². The fourth-order valence-electron chi connectivity index (χ4n) is 2.97. The van der Waals surface area contributed by atoms with Gasteiger partial charge in [0.2, 0.25) is 0 Å². The molecule has 0 spiro atoms. The highest BCUT2D eigenvalue weighted by atomic mass is 16.5. The van der Waals surface area contributed by atoms with Crippen molar-refractivity contribution in [2.75, 3.05) is 12.4 Å². The van der Waals surface area contributed by atoms with Gasteiger partial charge in [-0.25, -0.2) is 15.0 Å². The van der Waals surface area contributed by atoms with Gasteiger partial charge in [-0.05, 0) is 11.5 Å². The zero-order valence-electron chi connectivity index (χ0n) is 14.6. The number of hydrogen-bond donors (Lipinski definition) is 1. The van der Waals surface area contributed by atoms with Crippen LogP contribution >= 0.6 is 0 Å². The Morgan fingerprint density at radius 2 is 2.04 bits per heavy atom. The largest absolute Gasteiger partial charge is 0.364 e. The SMILES string of the molecule is COCn1cnc2c(/C(C#N)=C\Nc3cccc4ccccc34)ncnc21. The van der Waals surface area contributed by atoms with Gasteiger partial charge in [-0.1, -0.05) is 36.4 Å². The summed E-state index contributed by atoms with van der Waals surface area (Å²) >= 11 is 0. The molecule has 0 unspecified atom stereocenters. The molecule has 1 N–H and O–H groups in total. The number of anilines is 1. The topological polar surface area (TPSA) is 88.7 Å². The quantitative estimate of drug-likeness (QED) is 0.550. The van der Waals surface area contributed by atoms with Crippen molar-refractivity contribution in [3.63, 3.8) is 0 Å². The van der Waals surface area contributed by atoms with Crippen LogP contribution in [-0.4, -0.2) is 26.6 Å². The van der Waals surface area contributed by atoms with Crippen LogP contribution in [0.15, 0.2) is 61.3 Å². The Balaban J connectivity index is 1.74. The number of allylic oxidation sites excluding steroid dienone is 1. The molecule has 0 saturated carbocycles. The molecule has 0 amide bonds. The number of aromatic nitrogens is 4. The summed E-state index contributed by atoms with van der Waals surface area (Å²) in [5.41, 5.74) is 2.94. The summed E-state index contributed by atoms with van der Waals surface area (Å²) in [6.45, 7) is 0.326. The zero-order chi connectivity index (χ0) is 18.6. The summed E-state index contributed by atoms with van der Waals surface area (Å²) in [7, 11) is 1.60. The Morgan fingerprint density at radius 1 is 1.19 bits per heavy atom. The molecule has 2 aromatic carbocycles. The molecule has 0 bridgehead atoms. The Labute approximate surface area is 155 Å². The van der Waals surface area contributed by atoms with E-state index < -0.39 is 0 Å². The van der Waals surface area contributed by atoms with Crippen LogP contribution in [0.4, 0.5) is 5.69 Å². The summed E-state index contributed by atoms with van der Waals surface area (Å²) in [6.07, 6.45) is 4.70. The second-order valence-corrected chi connectivity index (χ2v) is 5.87. The van der Waals surface area contributed by atoms with Crippen molar-refractivity contribution in [2.24, 2.45) is 0 Å². The number of nitriles is 1. The Kier molecular flexibility index (Phi) is 4.47. The summed E-state index contributed by atoms with van der Waals surface area (Å²) in [5.74, 6) is 0. The van der Waals surface area contributed by atoms with Crippen molar-refractivity contribution in [1.82, 2.24) is 19.5 Å². The first-order valence-corrected chi connectivity index (χ1v) is 8.31. The molecular formula is C20H16N6O. The van der Waals surface area contributed by atoms with E-state index in [4.69, 9.17) is 4.74 Å². The average molecular weight is 356 g/mol. The van der Waals surface area contributed by atoms with Crippen LogP contribution in [0.1, 0.15) is 5.69 Å². The third kappa shape index (κ3) is 3.10. The Hall–Kier alpha value is -3.76. The summed E-state index contributed by atoms with van der Waals surface area (Å²) in [5, 5.41) is 15.1. The normalized spacial score (nSPS) is 11.6. The lowest BCUT2D eigenvalue weighted by atomic mass is 10.1. The third-order valence-corrected chi connectivity index (χ3v) is 4.21. The lowest BCUT2D eigenvalue weighted by Gasteiger charge is -2.07. The number of nitrogens with zero attached hydrogens (tertiary/aromatic N) is 5. The van der Waals surface area contributed by atoms with Gasteiger partial charge in [0.25, 0.3) is 0 Å². The minimum absolute atomic E-state index is 0.326. The fourth-order valence-corrected chi connectivity index (χ4v) is 2.97. The van der Waals surface area contributed by atoms with Gasteiger partial charge in [0.05, 0.1) is 11.9 Å². The van der Waals surface area contributed by atoms with Crippen LogP contribution in [0.2, 0.25) is 0 Å². The average Bonchev–Trinajstić information content (AvgIpc) is 3.12. The molecule has 0 aliphatic carbocycles. The molecular weight excluding hydrogens is 340 g/mol. The number of rotatable bonds is 5. The molecule has 132 valence electrons. The highest BCUT2D eigenvalue weighted by Gasteiger charge is 2.13. The first-order chi connectivity index (χ1) is 13.3. The summed E-state index contributed by atoms with van der Waals surface area (Å²) < 4.78 is 6.90. The van der Waals surface area contributed by atoms with Crippen LogP contribution in [-0.2, 0) is 11.5 Å². The first kappa shape index (κ1) is 16.7. The highest BCUT2D eigenvalue weighted by molar-refractivity contribution is 5.95. The van der Waals surface area contributed by atoms with Crippen LogP contribution in [0.5, 0.6) is 0 Å². The van der Waals surface area contributed by atoms with Gasteiger partial charge in [0, 0.05) is 24.4 Å². The maximum Gasteiger partial charge on any atom is 0.165 e. The maximum atomic E-state index is 9.66. The highest BCUT2D eigenvalue weighted by Crippen LogP contribution is 2.25. The summed E-state index contributed by atoms with van der Waals surface area (Å²) in [6, 6.07) is 16.3. The monoisotopic (exact) mass is 356 g/mol. The van der Waals surface area contributed by atoms with E-state index in [2.05, 4.69) is 26.3 Å². The molecule has 0 aliphatic rings. The lowest BCUT2D eigenvalue weighted by Crippen LogP contribution is -2.00. The minimum Gasteiger partial charge on any atom is -0.364 e. The molecule has 0 atom stereocenters. The van der Waals surface area contributed by atoms with E-state index in [1.807, 2.05) is 42.5 Å². The Bertz CT molecular complexity index is 1180. The van der Waals surface area contributed by atoms with Crippen molar-refractivity contribution in [3.8, 4) is 6.07 Å². The second-order valence-electron chi connectivity index (χ2n) is 5.87. The maximum absolute atomic E-state index is 9.66. The molecule has 0 saturated heterocycles. The van der Waals surface area contributed by atoms with Crippen molar-refractivity contribution in [3.05, 3.63) is 67.0 Å². The van der Waals surface area contributed by atoms with Gasteiger partial charge in [-0.3, -0.25) is 4.57 Å². The smallest absolute Gasteiger partial charge is 0.165 e. The van der Waals surface area contributed by atoms with E-state index in [1.54, 1.807) is 24.2 Å². The van der Waals surface area contributed by atoms with Crippen molar-refractivity contribution in [1.29, 1.82) is 5.26 Å². The Morgan fingerprint density at radius 3 is 2.89 bits per heavy atom. The van der Waals surface area contributed by atoms with E-state index in [0.717, 1.165) is 16.5 Å². The van der Waals surface area contributed by atoms with E-state index in [1.165, 1.54) is 6.33 Å². The molecule has 7 nitrogen and oxygen atoms in total. The standard InChI is InChI=1S/C20H16N6O/c1-27-13-26-12-25-19-18(23-11-24-20(19)26)15(9-21)10-22-17-8-4-6-14-5-2-3-7-16(14)17/h2-8,10-12,22H,13H2,1H3/b15-10-.